The number of benzene rings is 4. The van der Waals surface area contributed by atoms with Crippen LogP contribution < -0.4 is 0 Å². The number of hydrogen-bond donors (Lipinski definition) is 0. The van der Waals surface area contributed by atoms with Gasteiger partial charge in [0.2, 0.25) is 0 Å². The van der Waals surface area contributed by atoms with Crippen LogP contribution in [0.5, 0.6) is 0 Å². The average molecular weight is 614 g/mol. The normalized spacial score (nSPS) is 14.1. The van der Waals surface area contributed by atoms with Gasteiger partial charge < -0.3 is 0 Å². The molecule has 0 saturated heterocycles. The SMILES string of the molecule is Cc1ccc(S(=O)(=O)N2N=C(c3cccc(Cl)c3)N(S(=O)(=O)c3ccc(C)cc3)N=C2c2cccc(Cl)c2)cc1. The summed E-state index contributed by atoms with van der Waals surface area (Å²) in [4.78, 5) is -0.117. The highest BCUT2D eigenvalue weighted by molar-refractivity contribution is 7.90. The van der Waals surface area contributed by atoms with Crippen LogP contribution >= 0.6 is 23.2 Å². The van der Waals surface area contributed by atoms with E-state index in [9.17, 15) is 16.8 Å². The Morgan fingerprint density at radius 2 is 0.900 bits per heavy atom. The number of rotatable bonds is 6. The number of hydrogen-bond acceptors (Lipinski definition) is 6. The van der Waals surface area contributed by atoms with Crippen LogP contribution in [0.1, 0.15) is 22.3 Å². The van der Waals surface area contributed by atoms with Gasteiger partial charge in [0.25, 0.3) is 20.0 Å². The third-order valence-corrected chi connectivity index (χ3v) is 9.62. The van der Waals surface area contributed by atoms with Gasteiger partial charge in [0.05, 0.1) is 9.79 Å². The number of amidine groups is 2. The highest BCUT2D eigenvalue weighted by Gasteiger charge is 2.39. The third kappa shape index (κ3) is 5.35. The molecular formula is C28H22Cl2N4O4S2. The topological polar surface area (TPSA) is 99.5 Å². The lowest BCUT2D eigenvalue weighted by Gasteiger charge is -2.31. The van der Waals surface area contributed by atoms with Crippen LogP contribution in [0, 0.1) is 13.8 Å². The molecule has 204 valence electrons. The summed E-state index contributed by atoms with van der Waals surface area (Å²) < 4.78 is 57.4. The van der Waals surface area contributed by atoms with Crippen molar-refractivity contribution in [1.29, 1.82) is 0 Å². The zero-order chi connectivity index (χ0) is 28.7. The van der Waals surface area contributed by atoms with Gasteiger partial charge >= 0.3 is 0 Å². The standard InChI is InChI=1S/C28H22Cl2N4O4S2/c1-19-9-13-25(14-10-19)39(35,36)33-27(21-5-3-7-23(29)17-21)32-34(28(31-33)22-6-4-8-24(30)18-22)40(37,38)26-15-11-20(2)12-16-26/h3-18H,1-2H3. The van der Waals surface area contributed by atoms with E-state index in [2.05, 4.69) is 10.2 Å². The molecule has 0 N–H and O–H groups in total. The van der Waals surface area contributed by atoms with Crippen molar-refractivity contribution >= 4 is 54.9 Å². The summed E-state index contributed by atoms with van der Waals surface area (Å²) in [5.74, 6) is -0.519. The van der Waals surface area contributed by atoms with Gasteiger partial charge in [0, 0.05) is 21.2 Å². The van der Waals surface area contributed by atoms with Crippen LogP contribution in [-0.2, 0) is 20.0 Å². The van der Waals surface area contributed by atoms with Crippen LogP contribution in [0.3, 0.4) is 0 Å². The monoisotopic (exact) mass is 612 g/mol. The molecular weight excluding hydrogens is 591 g/mol. The summed E-state index contributed by atoms with van der Waals surface area (Å²) in [5, 5.41) is 9.43. The smallest absolute Gasteiger partial charge is 0.199 e. The molecule has 0 saturated carbocycles. The van der Waals surface area contributed by atoms with Crippen LogP contribution in [0.25, 0.3) is 0 Å². The van der Waals surface area contributed by atoms with Gasteiger partial charge in [-0.05, 0) is 62.4 Å². The van der Waals surface area contributed by atoms with Gasteiger partial charge in [-0.15, -0.1) is 19.0 Å². The van der Waals surface area contributed by atoms with Gasteiger partial charge in [-0.1, -0.05) is 82.9 Å². The molecule has 0 unspecified atom stereocenters. The maximum absolute atomic E-state index is 14.0. The Labute approximate surface area is 242 Å². The third-order valence-electron chi connectivity index (χ3n) is 5.99. The zero-order valence-corrected chi connectivity index (χ0v) is 24.4. The molecule has 8 nitrogen and oxygen atoms in total. The fourth-order valence-corrected chi connectivity index (χ4v) is 6.74. The fourth-order valence-electron chi connectivity index (χ4n) is 3.89. The molecule has 12 heteroatoms. The van der Waals surface area contributed by atoms with Crippen molar-refractivity contribution < 1.29 is 16.8 Å². The van der Waals surface area contributed by atoms with Crippen LogP contribution in [0.2, 0.25) is 10.0 Å². The van der Waals surface area contributed by atoms with Crippen molar-refractivity contribution in [2.45, 2.75) is 23.6 Å². The van der Waals surface area contributed by atoms with Gasteiger partial charge in [0.15, 0.2) is 11.7 Å². The molecule has 0 bridgehead atoms. The van der Waals surface area contributed by atoms with Gasteiger partial charge in [-0.25, -0.2) is 0 Å². The number of sulfonamides is 2. The minimum absolute atomic E-state index is 0.0585. The first-order valence-corrected chi connectivity index (χ1v) is 15.5. The Bertz CT molecular complexity index is 1740. The average Bonchev–Trinajstić information content (AvgIpc) is 2.93. The highest BCUT2D eigenvalue weighted by Crippen LogP contribution is 2.30. The lowest BCUT2D eigenvalue weighted by atomic mass is 10.2. The molecule has 0 fully saturated rings. The first kappa shape index (κ1) is 27.9. The molecule has 0 atom stereocenters. The van der Waals surface area contributed by atoms with Crippen molar-refractivity contribution in [2.24, 2.45) is 10.2 Å². The summed E-state index contributed by atoms with van der Waals surface area (Å²) in [6.07, 6.45) is 0. The summed E-state index contributed by atoms with van der Waals surface area (Å²) in [7, 11) is -8.72. The van der Waals surface area contributed by atoms with Crippen molar-refractivity contribution in [3.63, 3.8) is 0 Å². The Kier molecular flexibility index (Phi) is 7.45. The van der Waals surface area contributed by atoms with E-state index in [1.54, 1.807) is 60.7 Å². The van der Waals surface area contributed by atoms with E-state index < -0.39 is 20.0 Å². The molecule has 40 heavy (non-hydrogen) atoms. The Hall–Kier alpha value is -3.70. The minimum atomic E-state index is -4.36. The molecule has 4 aromatic carbocycles. The molecule has 0 aromatic heterocycles. The van der Waals surface area contributed by atoms with E-state index >= 15 is 0 Å². The molecule has 1 aliphatic heterocycles. The number of nitrogens with zero attached hydrogens (tertiary/aromatic N) is 4. The van der Waals surface area contributed by atoms with Crippen molar-refractivity contribution in [3.05, 3.63) is 129 Å². The Balaban J connectivity index is 1.79. The van der Waals surface area contributed by atoms with Crippen molar-refractivity contribution in [3.8, 4) is 0 Å². The molecule has 0 spiro atoms. The van der Waals surface area contributed by atoms with Gasteiger partial charge in [-0.3, -0.25) is 0 Å². The molecule has 0 radical (unpaired) electrons. The van der Waals surface area contributed by atoms with Crippen LogP contribution in [0.4, 0.5) is 0 Å². The van der Waals surface area contributed by atoms with Gasteiger partial charge in [0.1, 0.15) is 0 Å². The van der Waals surface area contributed by atoms with Crippen LogP contribution in [0.15, 0.2) is 117 Å². The summed E-state index contributed by atoms with van der Waals surface area (Å²) in [6, 6.07) is 24.9. The predicted octanol–water partition coefficient (Wildman–Crippen LogP) is 6.03. The number of halogens is 2. The number of hydrazone groups is 2. The zero-order valence-electron chi connectivity index (χ0n) is 21.2. The maximum atomic E-state index is 14.0. The van der Waals surface area contributed by atoms with E-state index in [-0.39, 0.29) is 32.6 Å². The molecule has 0 amide bonds. The first-order chi connectivity index (χ1) is 19.0. The first-order valence-electron chi connectivity index (χ1n) is 11.9. The van der Waals surface area contributed by atoms with Crippen LogP contribution in [-0.4, -0.2) is 37.3 Å². The summed E-state index contributed by atoms with van der Waals surface area (Å²) in [6.45, 7) is 3.67. The lowest BCUT2D eigenvalue weighted by molar-refractivity contribution is 0.488. The van der Waals surface area contributed by atoms with E-state index in [0.717, 1.165) is 20.0 Å². The van der Waals surface area contributed by atoms with Crippen molar-refractivity contribution in [1.82, 2.24) is 8.83 Å². The van der Waals surface area contributed by atoms with E-state index in [4.69, 9.17) is 23.2 Å². The molecule has 4 aromatic rings. The Morgan fingerprint density at radius 1 is 0.550 bits per heavy atom. The van der Waals surface area contributed by atoms with E-state index in [0.29, 0.717) is 10.0 Å². The van der Waals surface area contributed by atoms with Crippen molar-refractivity contribution in [2.75, 3.05) is 0 Å². The second-order valence-corrected chi connectivity index (χ2v) is 13.4. The second-order valence-electron chi connectivity index (χ2n) is 8.99. The second kappa shape index (κ2) is 10.7. The Morgan fingerprint density at radius 3 is 1.23 bits per heavy atom. The lowest BCUT2D eigenvalue weighted by Crippen LogP contribution is -2.45. The molecule has 1 aliphatic rings. The minimum Gasteiger partial charge on any atom is -0.199 e. The summed E-state index contributed by atoms with van der Waals surface area (Å²) in [5.41, 5.74) is 2.20. The largest absolute Gasteiger partial charge is 0.285 e. The quantitative estimate of drug-likeness (QED) is 0.265. The predicted molar refractivity (Wildman–Crippen MR) is 156 cm³/mol. The molecule has 1 heterocycles. The highest BCUT2D eigenvalue weighted by atomic mass is 35.5. The van der Waals surface area contributed by atoms with E-state index in [1.165, 1.54) is 36.4 Å². The summed E-state index contributed by atoms with van der Waals surface area (Å²) >= 11 is 12.5. The maximum Gasteiger partial charge on any atom is 0.285 e. The number of aryl methyl sites for hydroxylation is 2. The van der Waals surface area contributed by atoms with Gasteiger partial charge in [-0.2, -0.15) is 16.8 Å². The molecule has 5 rings (SSSR count). The van der Waals surface area contributed by atoms with E-state index in [1.807, 2.05) is 13.8 Å². The fraction of sp³-hybridized carbons (Fsp3) is 0.0714. The molecule has 0 aliphatic carbocycles.